The highest BCUT2D eigenvalue weighted by Gasteiger charge is 2.15. The molecular weight excluding hydrogens is 312 g/mol. The van der Waals surface area contributed by atoms with Gasteiger partial charge in [-0.25, -0.2) is 0 Å². The molecule has 0 radical (unpaired) electrons. The summed E-state index contributed by atoms with van der Waals surface area (Å²) in [6.45, 7) is 2.79. The monoisotopic (exact) mass is 326 g/mol. The molecule has 0 atom stereocenters. The summed E-state index contributed by atoms with van der Waals surface area (Å²) in [6, 6.07) is 6.06. The zero-order valence-corrected chi connectivity index (χ0v) is 12.5. The van der Waals surface area contributed by atoms with E-state index in [0.717, 1.165) is 28.0 Å². The minimum atomic E-state index is 0.162. The molecule has 3 N–H and O–H groups in total. The predicted molar refractivity (Wildman–Crippen MR) is 81.2 cm³/mol. The van der Waals surface area contributed by atoms with Crippen LogP contribution in [0.25, 0.3) is 5.57 Å². The molecule has 0 saturated carbocycles. The van der Waals surface area contributed by atoms with Crippen molar-refractivity contribution < 1.29 is 4.74 Å². The van der Waals surface area contributed by atoms with Crippen molar-refractivity contribution >= 4 is 38.4 Å². The number of nitrogens with one attached hydrogen (secondary N) is 1. The summed E-state index contributed by atoms with van der Waals surface area (Å²) < 4.78 is 6.80. The molecule has 1 aliphatic rings. The number of ether oxygens (including phenoxy) is 1. The quantitative estimate of drug-likeness (QED) is 0.644. The minimum Gasteiger partial charge on any atom is -0.493 e. The Labute approximate surface area is 119 Å². The summed E-state index contributed by atoms with van der Waals surface area (Å²) in [7, 11) is 0. The first-order chi connectivity index (χ1) is 8.58. The van der Waals surface area contributed by atoms with Crippen molar-refractivity contribution in [3.8, 4) is 5.75 Å². The number of halogens is 1. The van der Waals surface area contributed by atoms with E-state index >= 15 is 0 Å². The maximum absolute atomic E-state index is 7.29. The lowest BCUT2D eigenvalue weighted by atomic mass is 10.0. The van der Waals surface area contributed by atoms with Crippen molar-refractivity contribution in [2.45, 2.75) is 13.3 Å². The largest absolute Gasteiger partial charge is 0.493 e. The Bertz CT molecular complexity index is 514. The molecule has 1 aliphatic heterocycles. The molecule has 96 valence electrons. The van der Waals surface area contributed by atoms with Gasteiger partial charge < -0.3 is 10.5 Å². The molecule has 0 bridgehead atoms. The summed E-state index contributed by atoms with van der Waals surface area (Å²) >= 11 is 4.85. The summed E-state index contributed by atoms with van der Waals surface area (Å²) in [5, 5.41) is 7.45. The van der Waals surface area contributed by atoms with Crippen LogP contribution in [0.3, 0.4) is 0 Å². The number of hydrogen-bond acceptors (Lipinski definition) is 3. The van der Waals surface area contributed by atoms with Gasteiger partial charge in [-0.1, -0.05) is 33.3 Å². The van der Waals surface area contributed by atoms with Crippen molar-refractivity contribution in [2.75, 3.05) is 12.4 Å². The van der Waals surface area contributed by atoms with E-state index in [4.69, 9.17) is 15.9 Å². The van der Waals surface area contributed by atoms with Crippen LogP contribution in [0.4, 0.5) is 0 Å². The van der Waals surface area contributed by atoms with E-state index in [9.17, 15) is 0 Å². The SMILES string of the molecule is CC1=C(CSC(=N)N)CCOc2ccc(Br)cc21. The molecule has 0 unspecified atom stereocenters. The third kappa shape index (κ3) is 3.09. The van der Waals surface area contributed by atoms with Crippen LogP contribution in [0.15, 0.2) is 28.2 Å². The van der Waals surface area contributed by atoms with Crippen LogP contribution in [0, 0.1) is 5.41 Å². The van der Waals surface area contributed by atoms with Gasteiger partial charge in [-0.05, 0) is 30.7 Å². The summed E-state index contributed by atoms with van der Waals surface area (Å²) in [5.41, 5.74) is 9.06. The maximum atomic E-state index is 7.29. The van der Waals surface area contributed by atoms with Gasteiger partial charge in [0.05, 0.1) is 6.61 Å². The van der Waals surface area contributed by atoms with Crippen LogP contribution in [-0.4, -0.2) is 17.5 Å². The van der Waals surface area contributed by atoms with Crippen LogP contribution in [0.1, 0.15) is 18.9 Å². The van der Waals surface area contributed by atoms with Crippen LogP contribution in [-0.2, 0) is 0 Å². The maximum Gasteiger partial charge on any atom is 0.151 e. The van der Waals surface area contributed by atoms with Gasteiger partial charge in [0.25, 0.3) is 0 Å². The molecule has 5 heteroatoms. The second kappa shape index (κ2) is 5.80. The third-order valence-corrected chi connectivity index (χ3v) is 4.24. The van der Waals surface area contributed by atoms with Gasteiger partial charge in [0.1, 0.15) is 5.75 Å². The second-order valence-corrected chi connectivity index (χ2v) is 6.05. The summed E-state index contributed by atoms with van der Waals surface area (Å²) in [5.74, 6) is 1.69. The minimum absolute atomic E-state index is 0.162. The van der Waals surface area contributed by atoms with E-state index in [1.165, 1.54) is 22.9 Å². The highest BCUT2D eigenvalue weighted by Crippen LogP contribution is 2.35. The predicted octanol–water partition coefficient (Wildman–Crippen LogP) is 3.63. The molecular formula is C13H15BrN2OS. The first-order valence-electron chi connectivity index (χ1n) is 5.66. The first kappa shape index (κ1) is 13.5. The van der Waals surface area contributed by atoms with E-state index in [0.29, 0.717) is 6.61 Å². The smallest absolute Gasteiger partial charge is 0.151 e. The molecule has 0 fully saturated rings. The fourth-order valence-electron chi connectivity index (χ4n) is 1.93. The number of amidine groups is 1. The van der Waals surface area contributed by atoms with Crippen molar-refractivity contribution in [3.05, 3.63) is 33.8 Å². The van der Waals surface area contributed by atoms with E-state index in [-0.39, 0.29) is 5.17 Å². The Kier molecular flexibility index (Phi) is 4.35. The standard InChI is InChI=1S/C13H15BrN2OS/c1-8-9(7-18-13(15)16)4-5-17-12-3-2-10(14)6-11(8)12/h2-3,6H,4-5,7H2,1H3,(H3,15,16). The van der Waals surface area contributed by atoms with Gasteiger partial charge in [-0.3, -0.25) is 5.41 Å². The van der Waals surface area contributed by atoms with Crippen molar-refractivity contribution in [1.29, 1.82) is 5.41 Å². The molecule has 3 nitrogen and oxygen atoms in total. The summed E-state index contributed by atoms with van der Waals surface area (Å²) in [6.07, 6.45) is 0.887. The number of benzene rings is 1. The average molecular weight is 327 g/mol. The molecule has 1 aromatic rings. The number of nitrogens with two attached hydrogens (primary N) is 1. The molecule has 2 rings (SSSR count). The van der Waals surface area contributed by atoms with Crippen LogP contribution in [0.5, 0.6) is 5.75 Å². The lowest BCUT2D eigenvalue weighted by Gasteiger charge is -2.09. The van der Waals surface area contributed by atoms with Crippen LogP contribution >= 0.6 is 27.7 Å². The van der Waals surface area contributed by atoms with Crippen molar-refractivity contribution in [3.63, 3.8) is 0 Å². The zero-order valence-electron chi connectivity index (χ0n) is 10.1. The molecule has 0 aliphatic carbocycles. The van der Waals surface area contributed by atoms with Crippen molar-refractivity contribution in [1.82, 2.24) is 0 Å². The first-order valence-corrected chi connectivity index (χ1v) is 7.44. The Morgan fingerprint density at radius 2 is 2.33 bits per heavy atom. The van der Waals surface area contributed by atoms with Gasteiger partial charge in [-0.15, -0.1) is 0 Å². The van der Waals surface area contributed by atoms with Gasteiger partial charge in [0.2, 0.25) is 0 Å². The number of thioether (sulfide) groups is 1. The highest BCUT2D eigenvalue weighted by molar-refractivity contribution is 9.10. The molecule has 0 aromatic heterocycles. The number of fused-ring (bicyclic) bond motifs is 1. The molecule has 0 amide bonds. The van der Waals surface area contributed by atoms with Crippen molar-refractivity contribution in [2.24, 2.45) is 5.73 Å². The molecule has 18 heavy (non-hydrogen) atoms. The Morgan fingerprint density at radius 1 is 1.56 bits per heavy atom. The molecule has 0 saturated heterocycles. The van der Waals surface area contributed by atoms with E-state index in [1.807, 2.05) is 12.1 Å². The summed E-state index contributed by atoms with van der Waals surface area (Å²) in [4.78, 5) is 0. The Hall–Kier alpha value is -0.940. The number of hydrogen-bond donors (Lipinski definition) is 2. The zero-order chi connectivity index (χ0) is 13.1. The molecule has 0 spiro atoms. The van der Waals surface area contributed by atoms with E-state index in [1.54, 1.807) is 0 Å². The molecule has 1 heterocycles. The van der Waals surface area contributed by atoms with E-state index < -0.39 is 0 Å². The normalized spacial score (nSPS) is 14.8. The lowest BCUT2D eigenvalue weighted by molar-refractivity contribution is 0.324. The van der Waals surface area contributed by atoms with Crippen LogP contribution < -0.4 is 10.5 Å². The Morgan fingerprint density at radius 3 is 3.06 bits per heavy atom. The van der Waals surface area contributed by atoms with Gasteiger partial charge >= 0.3 is 0 Å². The molecule has 1 aromatic carbocycles. The highest BCUT2D eigenvalue weighted by atomic mass is 79.9. The average Bonchev–Trinajstić information content (AvgIpc) is 2.47. The lowest BCUT2D eigenvalue weighted by Crippen LogP contribution is -2.06. The van der Waals surface area contributed by atoms with Gasteiger partial charge in [0, 0.05) is 22.2 Å². The van der Waals surface area contributed by atoms with E-state index in [2.05, 4.69) is 28.9 Å². The topological polar surface area (TPSA) is 59.1 Å². The fraction of sp³-hybridized carbons (Fsp3) is 0.308. The van der Waals surface area contributed by atoms with Gasteiger partial charge in [-0.2, -0.15) is 0 Å². The number of allylic oxidation sites excluding steroid dienone is 1. The Balaban J connectivity index is 2.35. The number of rotatable bonds is 2. The second-order valence-electron chi connectivity index (χ2n) is 4.12. The van der Waals surface area contributed by atoms with Gasteiger partial charge in [0.15, 0.2) is 5.17 Å². The third-order valence-electron chi connectivity index (χ3n) is 2.94. The fourth-order valence-corrected chi connectivity index (χ4v) is 2.98. The van der Waals surface area contributed by atoms with Crippen LogP contribution in [0.2, 0.25) is 0 Å².